The minimum absolute atomic E-state index is 0.135. The number of allylic oxidation sites excluding steroid dienone is 2. The Labute approximate surface area is 139 Å². The Balaban J connectivity index is 1.70. The highest BCUT2D eigenvalue weighted by molar-refractivity contribution is 5.85. The molecule has 4 saturated carbocycles. The maximum absolute atomic E-state index is 13.1. The van der Waals surface area contributed by atoms with Gasteiger partial charge in [0.05, 0.1) is 5.41 Å². The number of hydrogen-bond donors (Lipinski definition) is 1. The Morgan fingerprint density at radius 1 is 1.13 bits per heavy atom. The van der Waals surface area contributed by atoms with Gasteiger partial charge in [-0.1, -0.05) is 36.4 Å². The molecule has 4 fully saturated rings. The highest BCUT2D eigenvalue weighted by Gasteiger charge is 2.60. The first-order chi connectivity index (χ1) is 11.1. The molecule has 5 rings (SSSR count). The highest BCUT2D eigenvalue weighted by atomic mass is 16.2. The molecule has 0 spiro atoms. The van der Waals surface area contributed by atoms with Crippen LogP contribution in [-0.2, 0) is 10.2 Å². The molecule has 4 aliphatic rings. The maximum Gasteiger partial charge on any atom is 0.230 e. The van der Waals surface area contributed by atoms with Crippen LogP contribution in [0, 0.1) is 17.3 Å². The molecule has 1 aromatic carbocycles. The Hall–Kier alpha value is -1.57. The number of carbonyl (C=O) groups excluding carboxylic acids is 1. The Kier molecular flexibility index (Phi) is 3.40. The van der Waals surface area contributed by atoms with Crippen LogP contribution in [0.3, 0.4) is 0 Å². The summed E-state index contributed by atoms with van der Waals surface area (Å²) in [7, 11) is 0. The van der Waals surface area contributed by atoms with Gasteiger partial charge in [-0.05, 0) is 75.2 Å². The molecule has 23 heavy (non-hydrogen) atoms. The van der Waals surface area contributed by atoms with Crippen molar-refractivity contribution in [1.82, 2.24) is 5.32 Å². The fourth-order valence-electron chi connectivity index (χ4n) is 6.04. The van der Waals surface area contributed by atoms with Gasteiger partial charge in [0.15, 0.2) is 0 Å². The van der Waals surface area contributed by atoms with E-state index >= 15 is 0 Å². The minimum Gasteiger partial charge on any atom is -0.330 e. The monoisotopic (exact) mass is 309 g/mol. The summed E-state index contributed by atoms with van der Waals surface area (Å²) in [5.41, 5.74) is 2.56. The summed E-state index contributed by atoms with van der Waals surface area (Å²) in [5, 5.41) is 3.18. The van der Waals surface area contributed by atoms with E-state index in [0.29, 0.717) is 0 Å². The van der Waals surface area contributed by atoms with Crippen LogP contribution in [-0.4, -0.2) is 5.91 Å². The zero-order valence-corrected chi connectivity index (χ0v) is 14.3. The average Bonchev–Trinajstić information content (AvgIpc) is 2.54. The van der Waals surface area contributed by atoms with Crippen LogP contribution in [0.4, 0.5) is 0 Å². The summed E-state index contributed by atoms with van der Waals surface area (Å²) in [6.45, 7) is 3.98. The number of amides is 1. The van der Waals surface area contributed by atoms with E-state index < -0.39 is 0 Å². The number of rotatable bonds is 3. The standard InChI is InChI=1S/C21H27NO/c1-3-15(2)22-19(23)21-12-16-9-17(13-21)11-20(10-16,14-21)18-7-5-4-6-8-18/h3-8,16-17H,9-14H2,1-2H3,(H,22,23)/b15-3+. The molecule has 4 bridgehead atoms. The van der Waals surface area contributed by atoms with Gasteiger partial charge < -0.3 is 5.32 Å². The van der Waals surface area contributed by atoms with Crippen LogP contribution < -0.4 is 5.32 Å². The van der Waals surface area contributed by atoms with E-state index in [1.807, 2.05) is 19.9 Å². The minimum atomic E-state index is -0.135. The van der Waals surface area contributed by atoms with E-state index in [0.717, 1.165) is 36.8 Å². The Morgan fingerprint density at radius 3 is 2.39 bits per heavy atom. The summed E-state index contributed by atoms with van der Waals surface area (Å²) >= 11 is 0. The molecule has 0 aromatic heterocycles. The van der Waals surface area contributed by atoms with E-state index in [2.05, 4.69) is 35.6 Å². The van der Waals surface area contributed by atoms with Crippen LogP contribution in [0.1, 0.15) is 57.9 Å². The van der Waals surface area contributed by atoms with Gasteiger partial charge in [0.2, 0.25) is 5.91 Å². The van der Waals surface area contributed by atoms with Crippen molar-refractivity contribution >= 4 is 5.91 Å². The molecule has 2 nitrogen and oxygen atoms in total. The zero-order valence-electron chi connectivity index (χ0n) is 14.3. The van der Waals surface area contributed by atoms with Crippen molar-refractivity contribution < 1.29 is 4.79 Å². The number of nitrogens with one attached hydrogen (secondary N) is 1. The van der Waals surface area contributed by atoms with Gasteiger partial charge in [0.25, 0.3) is 0 Å². The van der Waals surface area contributed by atoms with Crippen LogP contribution in [0.15, 0.2) is 42.1 Å². The molecular formula is C21H27NO. The molecule has 1 N–H and O–H groups in total. The normalized spacial score (nSPS) is 38.6. The number of carbonyl (C=O) groups is 1. The SMILES string of the molecule is C/C=C(\C)NC(=O)C12CC3CC(C1)CC(c1ccccc1)(C3)C2. The molecular weight excluding hydrogens is 282 g/mol. The summed E-state index contributed by atoms with van der Waals surface area (Å²) in [5.74, 6) is 1.74. The second kappa shape index (κ2) is 5.22. The first-order valence-electron chi connectivity index (χ1n) is 9.05. The van der Waals surface area contributed by atoms with Crippen molar-refractivity contribution in [3.8, 4) is 0 Å². The molecule has 2 heteroatoms. The van der Waals surface area contributed by atoms with E-state index in [9.17, 15) is 4.79 Å². The maximum atomic E-state index is 13.1. The molecule has 1 aromatic rings. The van der Waals surface area contributed by atoms with Gasteiger partial charge in [-0.25, -0.2) is 0 Å². The van der Waals surface area contributed by atoms with Gasteiger partial charge in [-0.3, -0.25) is 4.79 Å². The van der Waals surface area contributed by atoms with E-state index in [1.54, 1.807) is 0 Å². The highest BCUT2D eigenvalue weighted by Crippen LogP contribution is 2.65. The van der Waals surface area contributed by atoms with Crippen LogP contribution >= 0.6 is 0 Å². The third-order valence-corrected chi connectivity index (χ3v) is 6.67. The second-order valence-corrected chi connectivity index (χ2v) is 8.31. The van der Waals surface area contributed by atoms with Crippen molar-refractivity contribution in [2.45, 2.75) is 57.8 Å². The Bertz CT molecular complexity index is 631. The van der Waals surface area contributed by atoms with E-state index in [-0.39, 0.29) is 16.7 Å². The summed E-state index contributed by atoms with van der Waals surface area (Å²) in [4.78, 5) is 13.1. The molecule has 0 radical (unpaired) electrons. The first kappa shape index (κ1) is 15.0. The van der Waals surface area contributed by atoms with Crippen molar-refractivity contribution in [3.05, 3.63) is 47.7 Å². The van der Waals surface area contributed by atoms with Gasteiger partial charge in [-0.15, -0.1) is 0 Å². The summed E-state index contributed by atoms with van der Waals surface area (Å²) in [6.07, 6.45) is 9.13. The zero-order chi connectivity index (χ0) is 16.1. The van der Waals surface area contributed by atoms with Gasteiger partial charge in [0.1, 0.15) is 0 Å². The molecule has 1 amide bonds. The first-order valence-corrected chi connectivity index (χ1v) is 9.05. The van der Waals surface area contributed by atoms with E-state index in [4.69, 9.17) is 0 Å². The van der Waals surface area contributed by atoms with Gasteiger partial charge in [-0.2, -0.15) is 0 Å². The molecule has 0 aliphatic heterocycles. The third kappa shape index (κ3) is 2.34. The second-order valence-electron chi connectivity index (χ2n) is 8.31. The van der Waals surface area contributed by atoms with Crippen LogP contribution in [0.5, 0.6) is 0 Å². The molecule has 2 atom stereocenters. The van der Waals surface area contributed by atoms with Crippen molar-refractivity contribution in [2.24, 2.45) is 17.3 Å². The lowest BCUT2D eigenvalue weighted by Gasteiger charge is -2.61. The number of hydrogen-bond acceptors (Lipinski definition) is 1. The smallest absolute Gasteiger partial charge is 0.230 e. The lowest BCUT2D eigenvalue weighted by molar-refractivity contribution is -0.148. The molecule has 4 aliphatic carbocycles. The average molecular weight is 309 g/mol. The lowest BCUT2D eigenvalue weighted by atomic mass is 9.42. The third-order valence-electron chi connectivity index (χ3n) is 6.67. The van der Waals surface area contributed by atoms with Gasteiger partial charge >= 0.3 is 0 Å². The topological polar surface area (TPSA) is 29.1 Å². The molecule has 122 valence electrons. The van der Waals surface area contributed by atoms with Gasteiger partial charge in [0, 0.05) is 5.70 Å². The quantitative estimate of drug-likeness (QED) is 0.871. The molecule has 0 heterocycles. The van der Waals surface area contributed by atoms with Crippen LogP contribution in [0.25, 0.3) is 0 Å². The van der Waals surface area contributed by atoms with Crippen molar-refractivity contribution in [2.75, 3.05) is 0 Å². The van der Waals surface area contributed by atoms with Crippen molar-refractivity contribution in [3.63, 3.8) is 0 Å². The summed E-state index contributed by atoms with van der Waals surface area (Å²) < 4.78 is 0. The summed E-state index contributed by atoms with van der Waals surface area (Å²) in [6, 6.07) is 11.0. The predicted molar refractivity (Wildman–Crippen MR) is 92.8 cm³/mol. The molecule has 2 unspecified atom stereocenters. The fraction of sp³-hybridized carbons (Fsp3) is 0.571. The molecule has 0 saturated heterocycles. The lowest BCUT2D eigenvalue weighted by Crippen LogP contribution is -2.58. The predicted octanol–water partition coefficient (Wildman–Crippen LogP) is 4.56. The van der Waals surface area contributed by atoms with E-state index in [1.165, 1.54) is 24.8 Å². The largest absolute Gasteiger partial charge is 0.330 e. The number of benzene rings is 1. The fourth-order valence-corrected chi connectivity index (χ4v) is 6.04. The Morgan fingerprint density at radius 2 is 1.78 bits per heavy atom. The van der Waals surface area contributed by atoms with Crippen LogP contribution in [0.2, 0.25) is 0 Å². The van der Waals surface area contributed by atoms with Crippen molar-refractivity contribution in [1.29, 1.82) is 0 Å².